The summed E-state index contributed by atoms with van der Waals surface area (Å²) in [5.41, 5.74) is 4.35. The number of nitrogens with one attached hydrogen (secondary N) is 1. The number of aryl methyl sites for hydroxylation is 2. The van der Waals surface area contributed by atoms with Crippen LogP contribution in [0.2, 0.25) is 0 Å². The van der Waals surface area contributed by atoms with Crippen LogP contribution in [0.1, 0.15) is 21.5 Å². The van der Waals surface area contributed by atoms with Crippen LogP contribution in [0.5, 0.6) is 0 Å². The van der Waals surface area contributed by atoms with Crippen molar-refractivity contribution in [3.63, 3.8) is 0 Å². The highest BCUT2D eigenvalue weighted by molar-refractivity contribution is 6.05. The molecule has 0 bridgehead atoms. The number of ether oxygens (including phenoxy) is 1. The summed E-state index contributed by atoms with van der Waals surface area (Å²) >= 11 is 0. The number of furan rings is 1. The third-order valence-corrected chi connectivity index (χ3v) is 4.83. The maximum atomic E-state index is 12.8. The third kappa shape index (κ3) is 4.07. The Labute approximate surface area is 173 Å². The van der Waals surface area contributed by atoms with Gasteiger partial charge in [-0.1, -0.05) is 24.3 Å². The molecule has 150 valence electrons. The minimum atomic E-state index is -0.600. The van der Waals surface area contributed by atoms with Gasteiger partial charge in [-0.2, -0.15) is 0 Å². The van der Waals surface area contributed by atoms with E-state index in [2.05, 4.69) is 10.3 Å². The lowest BCUT2D eigenvalue weighted by molar-refractivity contribution is -0.119. The van der Waals surface area contributed by atoms with Gasteiger partial charge in [0.15, 0.2) is 12.4 Å². The summed E-state index contributed by atoms with van der Waals surface area (Å²) in [6, 6.07) is 18.0. The lowest BCUT2D eigenvalue weighted by Crippen LogP contribution is -2.21. The maximum absolute atomic E-state index is 12.8. The predicted octanol–water partition coefficient (Wildman–Crippen LogP) is 4.91. The molecule has 30 heavy (non-hydrogen) atoms. The molecule has 6 nitrogen and oxygen atoms in total. The van der Waals surface area contributed by atoms with Crippen LogP contribution in [0.4, 0.5) is 5.69 Å². The number of esters is 1. The molecule has 0 aliphatic heterocycles. The number of carbonyl (C=O) groups is 2. The normalized spacial score (nSPS) is 10.7. The zero-order valence-corrected chi connectivity index (χ0v) is 16.6. The maximum Gasteiger partial charge on any atom is 0.339 e. The Morgan fingerprint density at radius 3 is 2.60 bits per heavy atom. The predicted molar refractivity (Wildman–Crippen MR) is 114 cm³/mol. The van der Waals surface area contributed by atoms with E-state index in [-0.39, 0.29) is 0 Å². The average Bonchev–Trinajstić information content (AvgIpc) is 3.29. The van der Waals surface area contributed by atoms with Gasteiger partial charge in [0.2, 0.25) is 0 Å². The van der Waals surface area contributed by atoms with Crippen LogP contribution in [0.25, 0.3) is 22.4 Å². The molecular formula is C24H20N2O4. The fraction of sp³-hybridized carbons (Fsp3) is 0.125. The van der Waals surface area contributed by atoms with Gasteiger partial charge in [-0.25, -0.2) is 9.78 Å². The van der Waals surface area contributed by atoms with Crippen molar-refractivity contribution in [2.24, 2.45) is 0 Å². The number of nitrogens with zero attached hydrogens (tertiary/aromatic N) is 1. The smallest absolute Gasteiger partial charge is 0.339 e. The second kappa shape index (κ2) is 8.21. The molecule has 0 atom stereocenters. The fourth-order valence-electron chi connectivity index (χ4n) is 3.12. The van der Waals surface area contributed by atoms with E-state index in [1.807, 2.05) is 50.2 Å². The van der Waals surface area contributed by atoms with Gasteiger partial charge in [-0.3, -0.25) is 4.79 Å². The van der Waals surface area contributed by atoms with Crippen LogP contribution in [-0.4, -0.2) is 23.5 Å². The third-order valence-electron chi connectivity index (χ3n) is 4.83. The number of pyridine rings is 1. The molecule has 2 heterocycles. The number of anilines is 1. The molecule has 0 unspecified atom stereocenters. The number of aromatic nitrogens is 1. The highest BCUT2D eigenvalue weighted by atomic mass is 16.5. The molecular weight excluding hydrogens is 380 g/mol. The Kier molecular flexibility index (Phi) is 5.30. The topological polar surface area (TPSA) is 81.4 Å². The molecule has 1 amide bonds. The van der Waals surface area contributed by atoms with Gasteiger partial charge in [0.05, 0.1) is 17.3 Å². The van der Waals surface area contributed by atoms with E-state index >= 15 is 0 Å². The molecule has 4 rings (SSSR count). The molecule has 0 spiro atoms. The van der Waals surface area contributed by atoms with Crippen LogP contribution >= 0.6 is 0 Å². The summed E-state index contributed by atoms with van der Waals surface area (Å²) in [5, 5.41) is 3.39. The van der Waals surface area contributed by atoms with E-state index in [0.29, 0.717) is 33.6 Å². The number of amides is 1. The number of benzene rings is 2. The largest absolute Gasteiger partial charge is 0.463 e. The summed E-state index contributed by atoms with van der Waals surface area (Å²) < 4.78 is 10.7. The monoisotopic (exact) mass is 400 g/mol. The van der Waals surface area contributed by atoms with Gasteiger partial charge in [-0.15, -0.1) is 0 Å². The zero-order chi connectivity index (χ0) is 21.1. The summed E-state index contributed by atoms with van der Waals surface area (Å²) in [6.45, 7) is 3.58. The summed E-state index contributed by atoms with van der Waals surface area (Å²) in [4.78, 5) is 29.6. The molecule has 0 saturated carbocycles. The second-order valence-electron chi connectivity index (χ2n) is 6.97. The van der Waals surface area contributed by atoms with Gasteiger partial charge in [0.1, 0.15) is 5.69 Å². The number of carbonyl (C=O) groups excluding carboxylic acids is 2. The first-order valence-corrected chi connectivity index (χ1v) is 9.49. The van der Waals surface area contributed by atoms with E-state index in [1.165, 1.54) is 0 Å². The second-order valence-corrected chi connectivity index (χ2v) is 6.97. The minimum absolute atomic E-state index is 0.325. The standard InChI is InChI=1S/C24H20N2O4/c1-15-9-10-17(12-16(15)2)25-23(27)14-30-24(28)19-13-21(22-8-5-11-29-22)26-20-7-4-3-6-18(19)20/h3-13H,14H2,1-2H3,(H,25,27). The van der Waals surface area contributed by atoms with Crippen LogP contribution in [-0.2, 0) is 9.53 Å². The molecule has 0 aliphatic rings. The summed E-state index contributed by atoms with van der Waals surface area (Å²) in [7, 11) is 0. The lowest BCUT2D eigenvalue weighted by atomic mass is 10.1. The highest BCUT2D eigenvalue weighted by Crippen LogP contribution is 2.25. The Hall–Kier alpha value is -3.93. The number of hydrogen-bond acceptors (Lipinski definition) is 5. The van der Waals surface area contributed by atoms with E-state index < -0.39 is 18.5 Å². The number of fused-ring (bicyclic) bond motifs is 1. The molecule has 0 aliphatic carbocycles. The highest BCUT2D eigenvalue weighted by Gasteiger charge is 2.17. The Balaban J connectivity index is 1.52. The number of para-hydroxylation sites is 1. The molecule has 6 heteroatoms. The van der Waals surface area contributed by atoms with Crippen molar-refractivity contribution in [3.8, 4) is 11.5 Å². The van der Waals surface area contributed by atoms with Crippen molar-refractivity contribution in [1.29, 1.82) is 0 Å². The molecule has 0 saturated heterocycles. The molecule has 0 radical (unpaired) electrons. The van der Waals surface area contributed by atoms with Gasteiger partial charge in [0, 0.05) is 11.1 Å². The average molecular weight is 400 g/mol. The van der Waals surface area contributed by atoms with Crippen LogP contribution < -0.4 is 5.32 Å². The lowest BCUT2D eigenvalue weighted by Gasteiger charge is -2.10. The SMILES string of the molecule is Cc1ccc(NC(=O)COC(=O)c2cc(-c3ccco3)nc3ccccc23)cc1C. The van der Waals surface area contributed by atoms with Gasteiger partial charge < -0.3 is 14.5 Å². The van der Waals surface area contributed by atoms with E-state index in [4.69, 9.17) is 9.15 Å². The number of hydrogen-bond donors (Lipinski definition) is 1. The first-order chi connectivity index (χ1) is 14.5. The molecule has 0 fully saturated rings. The Morgan fingerprint density at radius 2 is 1.83 bits per heavy atom. The van der Waals surface area contributed by atoms with Crippen molar-refractivity contribution in [2.45, 2.75) is 13.8 Å². The van der Waals surface area contributed by atoms with Crippen molar-refractivity contribution in [3.05, 3.63) is 83.6 Å². The van der Waals surface area contributed by atoms with E-state index in [1.54, 1.807) is 30.5 Å². The van der Waals surface area contributed by atoms with Crippen LogP contribution in [0.15, 0.2) is 71.3 Å². The number of rotatable bonds is 5. The minimum Gasteiger partial charge on any atom is -0.463 e. The van der Waals surface area contributed by atoms with Crippen molar-refractivity contribution in [2.75, 3.05) is 11.9 Å². The molecule has 2 aromatic heterocycles. The first-order valence-electron chi connectivity index (χ1n) is 9.49. The molecule has 2 aromatic carbocycles. The zero-order valence-electron chi connectivity index (χ0n) is 16.6. The van der Waals surface area contributed by atoms with Crippen LogP contribution in [0, 0.1) is 13.8 Å². The molecule has 4 aromatic rings. The van der Waals surface area contributed by atoms with Crippen molar-refractivity contribution < 1.29 is 18.7 Å². The quantitative estimate of drug-likeness (QED) is 0.482. The summed E-state index contributed by atoms with van der Waals surface area (Å²) in [6.07, 6.45) is 1.54. The van der Waals surface area contributed by atoms with E-state index in [0.717, 1.165) is 11.1 Å². The van der Waals surface area contributed by atoms with Gasteiger partial charge in [0.25, 0.3) is 5.91 Å². The van der Waals surface area contributed by atoms with Crippen LogP contribution in [0.3, 0.4) is 0 Å². The first kappa shape index (κ1) is 19.4. The van der Waals surface area contributed by atoms with Crippen molar-refractivity contribution in [1.82, 2.24) is 4.98 Å². The Morgan fingerprint density at radius 1 is 1.00 bits per heavy atom. The van der Waals surface area contributed by atoms with Gasteiger partial charge in [-0.05, 0) is 61.4 Å². The van der Waals surface area contributed by atoms with Gasteiger partial charge >= 0.3 is 5.97 Å². The Bertz CT molecular complexity index is 1230. The summed E-state index contributed by atoms with van der Waals surface area (Å²) in [5.74, 6) is -0.463. The molecule has 1 N–H and O–H groups in total. The van der Waals surface area contributed by atoms with E-state index in [9.17, 15) is 9.59 Å². The fourth-order valence-corrected chi connectivity index (χ4v) is 3.12. The van der Waals surface area contributed by atoms with Crippen molar-refractivity contribution >= 4 is 28.5 Å².